The first-order valence-corrected chi connectivity index (χ1v) is 8.48. The molecule has 0 bridgehead atoms. The van der Waals surface area contributed by atoms with Gasteiger partial charge in [0.15, 0.2) is 0 Å². The first kappa shape index (κ1) is 16.0. The Morgan fingerprint density at radius 2 is 1.61 bits per heavy atom. The van der Waals surface area contributed by atoms with Crippen LogP contribution in [0.4, 0.5) is 0 Å². The van der Waals surface area contributed by atoms with Crippen LogP contribution in [-0.2, 0) is 6.61 Å². The summed E-state index contributed by atoms with van der Waals surface area (Å²) >= 11 is 0. The molecule has 3 rings (SSSR count). The maximum Gasteiger partial charge on any atom is 0.119 e. The van der Waals surface area contributed by atoms with E-state index in [4.69, 9.17) is 4.74 Å². The molecular weight excluding hydrogens is 286 g/mol. The molecule has 3 nitrogen and oxygen atoms in total. The third-order valence-electron chi connectivity index (χ3n) is 4.52. The molecule has 2 aromatic carbocycles. The molecule has 1 atom stereocenters. The monoisotopic (exact) mass is 311 g/mol. The molecule has 0 amide bonds. The third-order valence-corrected chi connectivity index (χ3v) is 4.52. The van der Waals surface area contributed by atoms with Gasteiger partial charge in [-0.05, 0) is 49.2 Å². The molecule has 0 radical (unpaired) electrons. The summed E-state index contributed by atoms with van der Waals surface area (Å²) < 4.78 is 5.83. The van der Waals surface area contributed by atoms with E-state index in [0.717, 1.165) is 24.4 Å². The highest BCUT2D eigenvalue weighted by atomic mass is 16.5. The van der Waals surface area contributed by atoms with Crippen LogP contribution in [-0.4, -0.2) is 29.7 Å². The minimum atomic E-state index is 0.110. The van der Waals surface area contributed by atoms with E-state index in [9.17, 15) is 5.11 Å². The molecule has 1 saturated heterocycles. The summed E-state index contributed by atoms with van der Waals surface area (Å²) in [6, 6.07) is 18.4. The Kier molecular flexibility index (Phi) is 5.67. The minimum Gasteiger partial charge on any atom is -0.489 e. The molecule has 122 valence electrons. The Hall–Kier alpha value is -1.84. The molecule has 1 unspecified atom stereocenters. The van der Waals surface area contributed by atoms with E-state index in [2.05, 4.69) is 29.2 Å². The molecule has 23 heavy (non-hydrogen) atoms. The van der Waals surface area contributed by atoms with E-state index in [1.165, 1.54) is 24.8 Å². The first-order valence-electron chi connectivity index (χ1n) is 8.48. The number of aliphatic hydroxyl groups is 1. The number of benzene rings is 2. The number of likely N-dealkylation sites (tertiary alicyclic amines) is 1. The topological polar surface area (TPSA) is 32.7 Å². The zero-order chi connectivity index (χ0) is 15.9. The molecule has 2 aromatic rings. The number of nitrogens with zero attached hydrogens (tertiary/aromatic N) is 1. The van der Waals surface area contributed by atoms with Gasteiger partial charge in [-0.1, -0.05) is 48.9 Å². The van der Waals surface area contributed by atoms with Gasteiger partial charge in [-0.25, -0.2) is 0 Å². The Labute approximate surface area is 138 Å². The normalized spacial score (nSPS) is 16.9. The van der Waals surface area contributed by atoms with Gasteiger partial charge < -0.3 is 9.84 Å². The van der Waals surface area contributed by atoms with Crippen molar-refractivity contribution in [1.29, 1.82) is 0 Å². The Morgan fingerprint density at radius 3 is 2.26 bits per heavy atom. The zero-order valence-electron chi connectivity index (χ0n) is 13.5. The van der Waals surface area contributed by atoms with Gasteiger partial charge >= 0.3 is 0 Å². The highest BCUT2D eigenvalue weighted by molar-refractivity contribution is 5.30. The van der Waals surface area contributed by atoms with Crippen LogP contribution in [0.5, 0.6) is 5.75 Å². The van der Waals surface area contributed by atoms with Crippen molar-refractivity contribution in [2.45, 2.75) is 31.9 Å². The van der Waals surface area contributed by atoms with Crippen LogP contribution >= 0.6 is 0 Å². The number of hydrogen-bond acceptors (Lipinski definition) is 3. The van der Waals surface area contributed by atoms with Crippen LogP contribution in [0.2, 0.25) is 0 Å². The standard InChI is InChI=1S/C20H25NO2/c22-15-20(21-13-5-2-6-14-21)18-9-11-19(12-10-18)23-16-17-7-3-1-4-8-17/h1,3-4,7-12,20,22H,2,5-6,13-16H2. The maximum atomic E-state index is 9.78. The number of aliphatic hydroxyl groups excluding tert-OH is 1. The lowest BCUT2D eigenvalue weighted by molar-refractivity contribution is 0.104. The molecule has 0 saturated carbocycles. The number of rotatable bonds is 6. The smallest absolute Gasteiger partial charge is 0.119 e. The molecule has 1 N–H and O–H groups in total. The largest absolute Gasteiger partial charge is 0.489 e. The van der Waals surface area contributed by atoms with E-state index in [1.807, 2.05) is 30.3 Å². The van der Waals surface area contributed by atoms with Crippen LogP contribution in [0.25, 0.3) is 0 Å². The fraction of sp³-hybridized carbons (Fsp3) is 0.400. The SMILES string of the molecule is OCC(c1ccc(OCc2ccccc2)cc1)N1CCCCC1. The van der Waals surface area contributed by atoms with Crippen LogP contribution < -0.4 is 4.74 Å². The van der Waals surface area contributed by atoms with E-state index < -0.39 is 0 Å². The van der Waals surface area contributed by atoms with Crippen molar-refractivity contribution >= 4 is 0 Å². The minimum absolute atomic E-state index is 0.110. The van der Waals surface area contributed by atoms with E-state index >= 15 is 0 Å². The first-order chi connectivity index (χ1) is 11.4. The summed E-state index contributed by atoms with van der Waals surface area (Å²) in [4.78, 5) is 2.39. The predicted octanol–water partition coefficient (Wildman–Crippen LogP) is 3.78. The fourth-order valence-corrected chi connectivity index (χ4v) is 3.19. The molecule has 1 aliphatic rings. The van der Waals surface area contributed by atoms with Gasteiger partial charge in [0, 0.05) is 0 Å². The number of hydrogen-bond donors (Lipinski definition) is 1. The average molecular weight is 311 g/mol. The zero-order valence-corrected chi connectivity index (χ0v) is 13.5. The summed E-state index contributed by atoms with van der Waals surface area (Å²) in [5.74, 6) is 0.868. The van der Waals surface area contributed by atoms with Crippen molar-refractivity contribution in [2.75, 3.05) is 19.7 Å². The van der Waals surface area contributed by atoms with Gasteiger partial charge in [0.25, 0.3) is 0 Å². The second kappa shape index (κ2) is 8.14. The van der Waals surface area contributed by atoms with Crippen LogP contribution in [0.3, 0.4) is 0 Å². The van der Waals surface area contributed by atoms with Crippen molar-refractivity contribution in [3.05, 3.63) is 65.7 Å². The summed E-state index contributed by atoms with van der Waals surface area (Å²) in [6.07, 6.45) is 3.77. The second-order valence-electron chi connectivity index (χ2n) is 6.14. The molecule has 0 aromatic heterocycles. The maximum absolute atomic E-state index is 9.78. The highest BCUT2D eigenvalue weighted by Crippen LogP contribution is 2.26. The van der Waals surface area contributed by atoms with Gasteiger partial charge in [-0.3, -0.25) is 4.90 Å². The molecule has 0 aliphatic carbocycles. The lowest BCUT2D eigenvalue weighted by atomic mass is 10.0. The Morgan fingerprint density at radius 1 is 0.913 bits per heavy atom. The molecule has 3 heteroatoms. The fourth-order valence-electron chi connectivity index (χ4n) is 3.19. The Bertz CT molecular complexity index is 576. The second-order valence-corrected chi connectivity index (χ2v) is 6.14. The van der Waals surface area contributed by atoms with Crippen LogP contribution in [0.1, 0.15) is 36.4 Å². The van der Waals surface area contributed by atoms with Crippen molar-refractivity contribution in [2.24, 2.45) is 0 Å². The molecule has 1 heterocycles. The van der Waals surface area contributed by atoms with Crippen LogP contribution in [0, 0.1) is 0 Å². The summed E-state index contributed by atoms with van der Waals surface area (Å²) in [5.41, 5.74) is 2.33. The lowest BCUT2D eigenvalue weighted by Crippen LogP contribution is -2.35. The molecule has 0 spiro atoms. The van der Waals surface area contributed by atoms with Crippen molar-refractivity contribution in [1.82, 2.24) is 4.90 Å². The summed E-state index contributed by atoms with van der Waals surface area (Å²) in [7, 11) is 0. The van der Waals surface area contributed by atoms with Gasteiger partial charge in [0.05, 0.1) is 12.6 Å². The van der Waals surface area contributed by atoms with E-state index in [-0.39, 0.29) is 12.6 Å². The van der Waals surface area contributed by atoms with Crippen LogP contribution in [0.15, 0.2) is 54.6 Å². The highest BCUT2D eigenvalue weighted by Gasteiger charge is 2.21. The van der Waals surface area contributed by atoms with Gasteiger partial charge in [-0.15, -0.1) is 0 Å². The third kappa shape index (κ3) is 4.34. The Balaban J connectivity index is 1.61. The molecule has 1 fully saturated rings. The van der Waals surface area contributed by atoms with E-state index in [1.54, 1.807) is 0 Å². The summed E-state index contributed by atoms with van der Waals surface area (Å²) in [5, 5.41) is 9.78. The van der Waals surface area contributed by atoms with Crippen molar-refractivity contribution < 1.29 is 9.84 Å². The van der Waals surface area contributed by atoms with Crippen molar-refractivity contribution in [3.63, 3.8) is 0 Å². The van der Waals surface area contributed by atoms with E-state index in [0.29, 0.717) is 6.61 Å². The van der Waals surface area contributed by atoms with Gasteiger partial charge in [-0.2, -0.15) is 0 Å². The van der Waals surface area contributed by atoms with Gasteiger partial charge in [0.1, 0.15) is 12.4 Å². The molecular formula is C20H25NO2. The van der Waals surface area contributed by atoms with Crippen molar-refractivity contribution in [3.8, 4) is 5.75 Å². The lowest BCUT2D eigenvalue weighted by Gasteiger charge is -2.33. The number of piperidine rings is 1. The average Bonchev–Trinajstić information content (AvgIpc) is 2.63. The predicted molar refractivity (Wildman–Crippen MR) is 92.5 cm³/mol. The number of ether oxygens (including phenoxy) is 1. The molecule has 1 aliphatic heterocycles. The van der Waals surface area contributed by atoms with Gasteiger partial charge in [0.2, 0.25) is 0 Å². The quantitative estimate of drug-likeness (QED) is 0.881. The summed E-state index contributed by atoms with van der Waals surface area (Å²) in [6.45, 7) is 2.91.